The molecule has 2 amide bonds. The Morgan fingerprint density at radius 2 is 1.92 bits per heavy atom. The number of carbonyl (C=O) groups excluding carboxylic acids is 2. The van der Waals surface area contributed by atoms with Crippen LogP contribution in [0.5, 0.6) is 0 Å². The predicted octanol–water partition coefficient (Wildman–Crippen LogP) is 3.74. The second-order valence-electron chi connectivity index (χ2n) is 6.63. The summed E-state index contributed by atoms with van der Waals surface area (Å²) in [6, 6.07) is 13.0. The van der Waals surface area contributed by atoms with E-state index in [2.05, 4.69) is 5.32 Å². The van der Waals surface area contributed by atoms with Crippen molar-refractivity contribution >= 4 is 35.1 Å². The number of rotatable bonds is 3. The third-order valence-corrected chi connectivity index (χ3v) is 4.28. The number of hydrogen-bond donors (Lipinski definition) is 2. The number of nitrogens with two attached hydrogens (primary N) is 1. The maximum Gasteiger partial charge on any atom is 0.414 e. The van der Waals surface area contributed by atoms with Crippen LogP contribution in [0.1, 0.15) is 25.0 Å². The Kier molecular flexibility index (Phi) is 4.42. The van der Waals surface area contributed by atoms with E-state index in [1.165, 1.54) is 11.0 Å². The number of benzene rings is 2. The molecule has 2 aromatic rings. The second-order valence-corrected chi connectivity index (χ2v) is 6.63. The molecule has 0 aromatic heterocycles. The van der Waals surface area contributed by atoms with Gasteiger partial charge < -0.3 is 15.8 Å². The maximum atomic E-state index is 12.2. The van der Waals surface area contributed by atoms with Crippen molar-refractivity contribution in [2.24, 2.45) is 0 Å². The first-order valence-electron chi connectivity index (χ1n) is 8.23. The third kappa shape index (κ3) is 3.39. The summed E-state index contributed by atoms with van der Waals surface area (Å²) in [6.45, 7) is 3.60. The summed E-state index contributed by atoms with van der Waals surface area (Å²) in [5.74, 6) is -0.292. The number of fused-ring (bicyclic) bond motifs is 1. The summed E-state index contributed by atoms with van der Waals surface area (Å²) in [5, 5.41) is 2.78. The second kappa shape index (κ2) is 6.55. The molecule has 134 valence electrons. The lowest BCUT2D eigenvalue weighted by Gasteiger charge is -2.37. The number of nitrogens with one attached hydrogen (secondary N) is 1. The van der Waals surface area contributed by atoms with Gasteiger partial charge in [0.2, 0.25) is 5.91 Å². The van der Waals surface area contributed by atoms with E-state index in [4.69, 9.17) is 10.5 Å². The normalized spacial score (nSPS) is 15.5. The number of cyclic esters (lactones) is 1. The van der Waals surface area contributed by atoms with Crippen molar-refractivity contribution in [3.05, 3.63) is 59.7 Å². The largest absolute Gasteiger partial charge is 0.438 e. The van der Waals surface area contributed by atoms with E-state index in [9.17, 15) is 9.59 Å². The molecule has 1 heterocycles. The first-order chi connectivity index (χ1) is 12.3. The van der Waals surface area contributed by atoms with E-state index in [0.29, 0.717) is 17.1 Å². The number of nitrogen functional groups attached to an aromatic ring is 1. The molecule has 6 nitrogen and oxygen atoms in total. The van der Waals surface area contributed by atoms with Gasteiger partial charge in [0.15, 0.2) is 0 Å². The van der Waals surface area contributed by atoms with Crippen LogP contribution in [-0.4, -0.2) is 19.0 Å². The lowest BCUT2D eigenvalue weighted by atomic mass is 9.93. The van der Waals surface area contributed by atoms with Crippen LogP contribution < -0.4 is 16.0 Å². The molecular weight excluding hydrogens is 330 g/mol. The number of nitrogens with zero attached hydrogens (tertiary/aromatic N) is 1. The molecule has 0 spiro atoms. The zero-order valence-corrected chi connectivity index (χ0v) is 14.9. The molecule has 0 radical (unpaired) electrons. The Labute approximate surface area is 152 Å². The van der Waals surface area contributed by atoms with Gasteiger partial charge in [0, 0.05) is 18.7 Å². The summed E-state index contributed by atoms with van der Waals surface area (Å²) < 4.78 is 5.44. The minimum Gasteiger partial charge on any atom is -0.438 e. The molecule has 3 N–H and O–H groups in total. The minimum atomic E-state index is -0.814. The highest BCUT2D eigenvalue weighted by Crippen LogP contribution is 2.41. The van der Waals surface area contributed by atoms with Crippen molar-refractivity contribution in [2.45, 2.75) is 19.4 Å². The van der Waals surface area contributed by atoms with Gasteiger partial charge >= 0.3 is 6.09 Å². The SMILES string of the molecule is CN1C(=O)OC(C)(C)c2cc(NC(=O)/C=C/c3ccccc3)c(N)cc21. The highest BCUT2D eigenvalue weighted by atomic mass is 16.6. The number of carbonyl (C=O) groups is 2. The summed E-state index contributed by atoms with van der Waals surface area (Å²) >= 11 is 0. The highest BCUT2D eigenvalue weighted by molar-refractivity contribution is 6.04. The quantitative estimate of drug-likeness (QED) is 0.652. The van der Waals surface area contributed by atoms with E-state index in [1.54, 1.807) is 39.1 Å². The van der Waals surface area contributed by atoms with Gasteiger partial charge in [-0.15, -0.1) is 0 Å². The fourth-order valence-electron chi connectivity index (χ4n) is 2.82. The molecule has 0 saturated carbocycles. The molecule has 3 rings (SSSR count). The van der Waals surface area contributed by atoms with Gasteiger partial charge in [-0.25, -0.2) is 4.79 Å². The summed E-state index contributed by atoms with van der Waals surface area (Å²) in [4.78, 5) is 25.6. The van der Waals surface area contributed by atoms with Crippen molar-refractivity contribution in [1.82, 2.24) is 0 Å². The van der Waals surface area contributed by atoms with Gasteiger partial charge in [-0.1, -0.05) is 30.3 Å². The lowest BCUT2D eigenvalue weighted by molar-refractivity contribution is -0.111. The van der Waals surface area contributed by atoms with Gasteiger partial charge in [0.05, 0.1) is 17.1 Å². The Morgan fingerprint density at radius 1 is 1.23 bits per heavy atom. The van der Waals surface area contributed by atoms with E-state index >= 15 is 0 Å². The number of ether oxygens (including phenoxy) is 1. The predicted molar refractivity (Wildman–Crippen MR) is 103 cm³/mol. The van der Waals surface area contributed by atoms with E-state index in [1.807, 2.05) is 30.3 Å². The van der Waals surface area contributed by atoms with Crippen LogP contribution >= 0.6 is 0 Å². The zero-order chi connectivity index (χ0) is 18.9. The van der Waals surface area contributed by atoms with Gasteiger partial charge in [-0.2, -0.15) is 0 Å². The average molecular weight is 351 g/mol. The highest BCUT2D eigenvalue weighted by Gasteiger charge is 2.37. The van der Waals surface area contributed by atoms with Crippen LogP contribution in [0.15, 0.2) is 48.5 Å². The van der Waals surface area contributed by atoms with Crippen LogP contribution in [0.2, 0.25) is 0 Å². The standard InChI is InChI=1S/C20H21N3O3/c1-20(2)14-11-16(15(21)12-17(14)23(3)19(25)26-20)22-18(24)10-9-13-7-5-4-6-8-13/h4-12H,21H2,1-3H3,(H,22,24)/b10-9+. The maximum absolute atomic E-state index is 12.2. The number of anilines is 3. The average Bonchev–Trinajstić information content (AvgIpc) is 2.60. The summed E-state index contributed by atoms with van der Waals surface area (Å²) in [6.07, 6.45) is 2.74. The van der Waals surface area contributed by atoms with Gasteiger partial charge in [-0.05, 0) is 37.6 Å². The van der Waals surface area contributed by atoms with Crippen molar-refractivity contribution < 1.29 is 14.3 Å². The van der Waals surface area contributed by atoms with E-state index in [-0.39, 0.29) is 5.91 Å². The summed E-state index contributed by atoms with van der Waals surface area (Å²) in [5.41, 5.74) is 8.49. The van der Waals surface area contributed by atoms with Gasteiger partial charge in [0.1, 0.15) is 5.60 Å². The molecule has 0 fully saturated rings. The monoisotopic (exact) mass is 351 g/mol. The molecule has 0 aliphatic carbocycles. The van der Waals surface area contributed by atoms with E-state index < -0.39 is 11.7 Å². The molecule has 1 aliphatic rings. The Balaban J connectivity index is 1.86. The molecule has 0 atom stereocenters. The zero-order valence-electron chi connectivity index (χ0n) is 14.9. The van der Waals surface area contributed by atoms with Crippen LogP contribution in [0, 0.1) is 0 Å². The Hall–Kier alpha value is -3.28. The van der Waals surface area contributed by atoms with Crippen LogP contribution in [0.4, 0.5) is 21.9 Å². The molecule has 2 aromatic carbocycles. The molecular formula is C20H21N3O3. The lowest BCUT2D eigenvalue weighted by Crippen LogP contribution is -2.41. The Morgan fingerprint density at radius 3 is 2.62 bits per heavy atom. The van der Waals surface area contributed by atoms with Crippen LogP contribution in [0.3, 0.4) is 0 Å². The summed E-state index contributed by atoms with van der Waals surface area (Å²) in [7, 11) is 1.62. The fourth-order valence-corrected chi connectivity index (χ4v) is 2.82. The smallest absolute Gasteiger partial charge is 0.414 e. The topological polar surface area (TPSA) is 84.7 Å². The minimum absolute atomic E-state index is 0.292. The Bertz CT molecular complexity index is 889. The van der Waals surface area contributed by atoms with Crippen LogP contribution in [0.25, 0.3) is 6.08 Å². The molecule has 0 unspecified atom stereocenters. The van der Waals surface area contributed by atoms with Crippen molar-refractivity contribution in [2.75, 3.05) is 23.0 Å². The number of hydrogen-bond acceptors (Lipinski definition) is 4. The van der Waals surface area contributed by atoms with Gasteiger partial charge in [0.25, 0.3) is 0 Å². The van der Waals surface area contributed by atoms with Gasteiger partial charge in [-0.3, -0.25) is 9.69 Å². The van der Waals surface area contributed by atoms with Crippen LogP contribution in [-0.2, 0) is 15.1 Å². The first-order valence-corrected chi connectivity index (χ1v) is 8.23. The third-order valence-electron chi connectivity index (χ3n) is 4.28. The first kappa shape index (κ1) is 17.5. The molecule has 0 bridgehead atoms. The number of amides is 2. The molecule has 0 saturated heterocycles. The van der Waals surface area contributed by atoms with Crippen molar-refractivity contribution in [3.8, 4) is 0 Å². The van der Waals surface area contributed by atoms with Crippen molar-refractivity contribution in [1.29, 1.82) is 0 Å². The van der Waals surface area contributed by atoms with E-state index in [0.717, 1.165) is 11.1 Å². The van der Waals surface area contributed by atoms with Crippen molar-refractivity contribution in [3.63, 3.8) is 0 Å². The molecule has 26 heavy (non-hydrogen) atoms. The molecule has 6 heteroatoms. The fraction of sp³-hybridized carbons (Fsp3) is 0.200. The molecule has 1 aliphatic heterocycles.